The Labute approximate surface area is 194 Å². The maximum atomic E-state index is 10.2. The summed E-state index contributed by atoms with van der Waals surface area (Å²) in [6.45, 7) is 0. The Hall–Kier alpha value is -4.43. The lowest BCUT2D eigenvalue weighted by Crippen LogP contribution is -1.95. The van der Waals surface area contributed by atoms with Crippen molar-refractivity contribution in [3.05, 3.63) is 133 Å². The van der Waals surface area contributed by atoms with E-state index in [0.717, 1.165) is 38.9 Å². The maximum Gasteiger partial charge on any atom is 0.141 e. The standard InChI is InChI=1S/C31H23NO/c33-31-19-11-10-18-30(31)32-22-29-27(24-14-6-2-7-15-24)20-26(23-12-4-1-5-13-23)21-28(29)25-16-8-3-9-17-25/h1-22,33H. The average molecular weight is 426 g/mol. The van der Waals surface area contributed by atoms with Crippen LogP contribution in [0.25, 0.3) is 33.4 Å². The summed E-state index contributed by atoms with van der Waals surface area (Å²) in [7, 11) is 0. The van der Waals surface area contributed by atoms with Gasteiger partial charge < -0.3 is 5.11 Å². The van der Waals surface area contributed by atoms with Gasteiger partial charge >= 0.3 is 0 Å². The second-order valence-electron chi connectivity index (χ2n) is 7.83. The molecule has 158 valence electrons. The molecule has 5 aromatic carbocycles. The maximum absolute atomic E-state index is 10.2. The fraction of sp³-hybridized carbons (Fsp3) is 0. The van der Waals surface area contributed by atoms with Crippen LogP contribution in [-0.2, 0) is 0 Å². The van der Waals surface area contributed by atoms with Gasteiger partial charge in [0.25, 0.3) is 0 Å². The molecule has 0 aliphatic rings. The van der Waals surface area contributed by atoms with Gasteiger partial charge in [0.2, 0.25) is 0 Å². The highest BCUT2D eigenvalue weighted by molar-refractivity contribution is 6.01. The fourth-order valence-corrected chi connectivity index (χ4v) is 4.01. The number of rotatable bonds is 5. The number of benzene rings is 5. The van der Waals surface area contributed by atoms with Crippen LogP contribution in [0.5, 0.6) is 5.75 Å². The molecule has 0 atom stereocenters. The molecule has 1 N–H and O–H groups in total. The SMILES string of the molecule is Oc1ccccc1N=Cc1c(-c2ccccc2)cc(-c2ccccc2)cc1-c1ccccc1. The molecule has 0 radical (unpaired) electrons. The number of aliphatic imine (C=N–C) groups is 1. The third kappa shape index (κ3) is 4.46. The monoisotopic (exact) mass is 425 g/mol. The predicted octanol–water partition coefficient (Wildman–Crippen LogP) is 8.14. The van der Waals surface area contributed by atoms with Crippen LogP contribution in [0, 0.1) is 0 Å². The van der Waals surface area contributed by atoms with E-state index < -0.39 is 0 Å². The average Bonchev–Trinajstić information content (AvgIpc) is 2.89. The van der Waals surface area contributed by atoms with Crippen molar-refractivity contribution < 1.29 is 5.11 Å². The second kappa shape index (κ2) is 9.37. The molecule has 0 fully saturated rings. The zero-order chi connectivity index (χ0) is 22.5. The van der Waals surface area contributed by atoms with E-state index in [-0.39, 0.29) is 5.75 Å². The van der Waals surface area contributed by atoms with Crippen molar-refractivity contribution in [2.45, 2.75) is 0 Å². The minimum atomic E-state index is 0.164. The number of phenols is 1. The molecular formula is C31H23NO. The number of aromatic hydroxyl groups is 1. The summed E-state index contributed by atoms with van der Waals surface area (Å²) in [6, 6.07) is 42.8. The summed E-state index contributed by atoms with van der Waals surface area (Å²) < 4.78 is 0. The Balaban J connectivity index is 1.79. The van der Waals surface area contributed by atoms with Crippen molar-refractivity contribution in [1.29, 1.82) is 0 Å². The molecule has 0 spiro atoms. The van der Waals surface area contributed by atoms with Gasteiger partial charge in [-0.05, 0) is 57.6 Å². The number of hydrogen-bond donors (Lipinski definition) is 1. The zero-order valence-corrected chi connectivity index (χ0v) is 18.1. The Kier molecular flexibility index (Phi) is 5.81. The van der Waals surface area contributed by atoms with Crippen molar-refractivity contribution in [1.82, 2.24) is 0 Å². The molecule has 2 nitrogen and oxygen atoms in total. The molecular weight excluding hydrogens is 402 g/mol. The molecule has 0 saturated heterocycles. The lowest BCUT2D eigenvalue weighted by atomic mass is 9.88. The van der Waals surface area contributed by atoms with Crippen LogP contribution >= 0.6 is 0 Å². The largest absolute Gasteiger partial charge is 0.506 e. The van der Waals surface area contributed by atoms with Gasteiger partial charge in [0.15, 0.2) is 0 Å². The lowest BCUT2D eigenvalue weighted by Gasteiger charge is -2.16. The molecule has 0 bridgehead atoms. The van der Waals surface area contributed by atoms with Crippen LogP contribution < -0.4 is 0 Å². The molecule has 5 rings (SSSR count). The van der Waals surface area contributed by atoms with E-state index in [1.165, 1.54) is 0 Å². The normalized spacial score (nSPS) is 11.0. The van der Waals surface area contributed by atoms with Crippen LogP contribution in [0.3, 0.4) is 0 Å². The molecule has 33 heavy (non-hydrogen) atoms. The van der Waals surface area contributed by atoms with Crippen molar-refractivity contribution in [2.75, 3.05) is 0 Å². The first-order valence-corrected chi connectivity index (χ1v) is 11.0. The highest BCUT2D eigenvalue weighted by Gasteiger charge is 2.14. The predicted molar refractivity (Wildman–Crippen MR) is 138 cm³/mol. The first-order chi connectivity index (χ1) is 16.3. The fourth-order valence-electron chi connectivity index (χ4n) is 4.01. The quantitative estimate of drug-likeness (QED) is 0.283. The summed E-state index contributed by atoms with van der Waals surface area (Å²) in [6.07, 6.45) is 1.87. The molecule has 0 amide bonds. The van der Waals surface area contributed by atoms with Gasteiger partial charge in [0.1, 0.15) is 11.4 Å². The van der Waals surface area contributed by atoms with E-state index in [2.05, 4.69) is 89.9 Å². The topological polar surface area (TPSA) is 32.6 Å². The molecule has 5 aromatic rings. The van der Waals surface area contributed by atoms with Crippen molar-refractivity contribution in [3.8, 4) is 39.1 Å². The van der Waals surface area contributed by atoms with Gasteiger partial charge in [-0.2, -0.15) is 0 Å². The Bertz CT molecular complexity index is 1330. The molecule has 0 heterocycles. The smallest absolute Gasteiger partial charge is 0.141 e. The van der Waals surface area contributed by atoms with E-state index in [1.54, 1.807) is 12.1 Å². The van der Waals surface area contributed by atoms with Crippen molar-refractivity contribution in [2.24, 2.45) is 4.99 Å². The molecule has 0 aromatic heterocycles. The molecule has 0 aliphatic carbocycles. The zero-order valence-electron chi connectivity index (χ0n) is 18.1. The van der Waals surface area contributed by atoms with Crippen LogP contribution in [-0.4, -0.2) is 11.3 Å². The van der Waals surface area contributed by atoms with E-state index >= 15 is 0 Å². The van der Waals surface area contributed by atoms with Gasteiger partial charge in [-0.1, -0.05) is 103 Å². The van der Waals surface area contributed by atoms with Gasteiger partial charge in [0.05, 0.1) is 0 Å². The van der Waals surface area contributed by atoms with E-state index in [9.17, 15) is 5.11 Å². The summed E-state index contributed by atoms with van der Waals surface area (Å²) in [5.74, 6) is 0.164. The molecule has 0 unspecified atom stereocenters. The Morgan fingerprint density at radius 3 is 1.45 bits per heavy atom. The van der Waals surface area contributed by atoms with Gasteiger partial charge in [0, 0.05) is 11.8 Å². The third-order valence-electron chi connectivity index (χ3n) is 5.67. The van der Waals surface area contributed by atoms with E-state index in [0.29, 0.717) is 5.69 Å². The van der Waals surface area contributed by atoms with Gasteiger partial charge in [-0.3, -0.25) is 4.99 Å². The summed E-state index contributed by atoms with van der Waals surface area (Å²) >= 11 is 0. The Morgan fingerprint density at radius 1 is 0.485 bits per heavy atom. The molecule has 2 heteroatoms. The Morgan fingerprint density at radius 2 is 0.939 bits per heavy atom. The summed E-state index contributed by atoms with van der Waals surface area (Å²) in [5, 5.41) is 10.2. The first kappa shape index (κ1) is 20.5. The highest BCUT2D eigenvalue weighted by atomic mass is 16.3. The van der Waals surface area contributed by atoms with Crippen LogP contribution in [0.1, 0.15) is 5.56 Å². The van der Waals surface area contributed by atoms with Crippen LogP contribution in [0.2, 0.25) is 0 Å². The number of phenolic OH excluding ortho intramolecular Hbond substituents is 1. The molecule has 0 saturated carbocycles. The minimum absolute atomic E-state index is 0.164. The third-order valence-corrected chi connectivity index (χ3v) is 5.67. The number of nitrogens with zero attached hydrogens (tertiary/aromatic N) is 1. The first-order valence-electron chi connectivity index (χ1n) is 11.0. The van der Waals surface area contributed by atoms with Gasteiger partial charge in [-0.25, -0.2) is 0 Å². The minimum Gasteiger partial charge on any atom is -0.506 e. The van der Waals surface area contributed by atoms with Crippen LogP contribution in [0.15, 0.2) is 132 Å². The van der Waals surface area contributed by atoms with Crippen LogP contribution in [0.4, 0.5) is 5.69 Å². The second-order valence-corrected chi connectivity index (χ2v) is 7.83. The van der Waals surface area contributed by atoms with Crippen molar-refractivity contribution in [3.63, 3.8) is 0 Å². The van der Waals surface area contributed by atoms with Gasteiger partial charge in [-0.15, -0.1) is 0 Å². The number of para-hydroxylation sites is 2. The molecule has 0 aliphatic heterocycles. The number of hydrogen-bond acceptors (Lipinski definition) is 2. The highest BCUT2D eigenvalue weighted by Crippen LogP contribution is 2.37. The summed E-state index contributed by atoms with van der Waals surface area (Å²) in [4.78, 5) is 4.68. The van der Waals surface area contributed by atoms with E-state index in [1.807, 2.05) is 36.5 Å². The lowest BCUT2D eigenvalue weighted by molar-refractivity contribution is 0.477. The van der Waals surface area contributed by atoms with E-state index in [4.69, 9.17) is 0 Å². The summed E-state index contributed by atoms with van der Waals surface area (Å²) in [5.41, 5.74) is 8.28. The van der Waals surface area contributed by atoms with Crippen molar-refractivity contribution >= 4 is 11.9 Å².